The van der Waals surface area contributed by atoms with Crippen molar-refractivity contribution in [3.8, 4) is 11.3 Å². The molecule has 2 heteroatoms. The summed E-state index contributed by atoms with van der Waals surface area (Å²) in [4.78, 5) is 9.74. The Labute approximate surface area is 135 Å². The fraction of sp³-hybridized carbons (Fsp3) is 0.143. The van der Waals surface area contributed by atoms with E-state index in [2.05, 4.69) is 74.5 Å². The van der Waals surface area contributed by atoms with Crippen molar-refractivity contribution in [2.24, 2.45) is 0 Å². The average Bonchev–Trinajstić information content (AvgIpc) is 2.61. The van der Waals surface area contributed by atoms with Gasteiger partial charge in [-0.25, -0.2) is 9.97 Å². The molecule has 3 aromatic carbocycles. The zero-order valence-corrected chi connectivity index (χ0v) is 13.3. The molecule has 2 nitrogen and oxygen atoms in total. The van der Waals surface area contributed by atoms with Gasteiger partial charge in [-0.05, 0) is 11.5 Å². The standard InChI is InChI=1S/C21H18N2/c1-14(2)21-22-19(16-9-4-3-5-10-16)18-13-12-15-8-6-7-11-17(15)20(18)23-21/h3-14H,1-2H3. The molecular weight excluding hydrogens is 280 g/mol. The molecular formula is C21H18N2. The van der Waals surface area contributed by atoms with Crippen LogP contribution in [0, 0.1) is 0 Å². The second-order valence-corrected chi connectivity index (χ2v) is 6.13. The van der Waals surface area contributed by atoms with Crippen LogP contribution in [0.15, 0.2) is 66.7 Å². The normalized spacial score (nSPS) is 11.4. The summed E-state index contributed by atoms with van der Waals surface area (Å²) in [6.07, 6.45) is 0. The molecule has 1 aromatic heterocycles. The number of nitrogens with zero attached hydrogens (tertiary/aromatic N) is 2. The van der Waals surface area contributed by atoms with Crippen LogP contribution < -0.4 is 0 Å². The summed E-state index contributed by atoms with van der Waals surface area (Å²) in [6.45, 7) is 4.28. The summed E-state index contributed by atoms with van der Waals surface area (Å²) < 4.78 is 0. The van der Waals surface area contributed by atoms with Crippen molar-refractivity contribution in [1.29, 1.82) is 0 Å². The molecule has 0 N–H and O–H groups in total. The predicted molar refractivity (Wildman–Crippen MR) is 96.6 cm³/mol. The van der Waals surface area contributed by atoms with Gasteiger partial charge in [0.25, 0.3) is 0 Å². The van der Waals surface area contributed by atoms with E-state index in [1.54, 1.807) is 0 Å². The summed E-state index contributed by atoms with van der Waals surface area (Å²) in [5.74, 6) is 1.19. The lowest BCUT2D eigenvalue weighted by molar-refractivity contribution is 0.785. The number of rotatable bonds is 2. The van der Waals surface area contributed by atoms with Crippen LogP contribution >= 0.6 is 0 Å². The molecule has 1 heterocycles. The summed E-state index contributed by atoms with van der Waals surface area (Å²) in [5, 5.41) is 3.51. The summed E-state index contributed by atoms with van der Waals surface area (Å²) in [5.41, 5.74) is 3.20. The maximum Gasteiger partial charge on any atom is 0.132 e. The molecule has 112 valence electrons. The van der Waals surface area contributed by atoms with Crippen molar-refractivity contribution in [3.05, 3.63) is 72.6 Å². The molecule has 0 amide bonds. The fourth-order valence-electron chi connectivity index (χ4n) is 2.96. The van der Waals surface area contributed by atoms with Gasteiger partial charge in [0.15, 0.2) is 0 Å². The highest BCUT2D eigenvalue weighted by Crippen LogP contribution is 2.32. The molecule has 0 saturated carbocycles. The van der Waals surface area contributed by atoms with Crippen molar-refractivity contribution >= 4 is 21.7 Å². The maximum atomic E-state index is 4.88. The van der Waals surface area contributed by atoms with E-state index >= 15 is 0 Å². The number of benzene rings is 3. The van der Waals surface area contributed by atoms with Gasteiger partial charge in [-0.15, -0.1) is 0 Å². The Hall–Kier alpha value is -2.74. The highest BCUT2D eigenvalue weighted by atomic mass is 14.9. The molecule has 0 spiro atoms. The van der Waals surface area contributed by atoms with Gasteiger partial charge in [0.05, 0.1) is 11.2 Å². The third kappa shape index (κ3) is 2.36. The van der Waals surface area contributed by atoms with Crippen LogP contribution in [0.1, 0.15) is 25.6 Å². The first kappa shape index (κ1) is 13.9. The number of hydrogen-bond acceptors (Lipinski definition) is 2. The number of fused-ring (bicyclic) bond motifs is 3. The van der Waals surface area contributed by atoms with Gasteiger partial charge >= 0.3 is 0 Å². The Morgan fingerprint density at radius 1 is 0.696 bits per heavy atom. The monoisotopic (exact) mass is 298 g/mol. The molecule has 0 aliphatic carbocycles. The zero-order valence-electron chi connectivity index (χ0n) is 13.3. The molecule has 0 saturated heterocycles. The van der Waals surface area contributed by atoms with Crippen molar-refractivity contribution < 1.29 is 0 Å². The molecule has 0 atom stereocenters. The average molecular weight is 298 g/mol. The second-order valence-electron chi connectivity index (χ2n) is 6.13. The van der Waals surface area contributed by atoms with Crippen LogP contribution in [0.25, 0.3) is 32.9 Å². The van der Waals surface area contributed by atoms with E-state index in [-0.39, 0.29) is 0 Å². The van der Waals surface area contributed by atoms with Crippen LogP contribution in [-0.4, -0.2) is 9.97 Å². The lowest BCUT2D eigenvalue weighted by Crippen LogP contribution is -2.01. The lowest BCUT2D eigenvalue weighted by Gasteiger charge is -2.12. The number of aromatic nitrogens is 2. The van der Waals surface area contributed by atoms with Crippen molar-refractivity contribution in [2.45, 2.75) is 19.8 Å². The molecule has 4 rings (SSSR count). The van der Waals surface area contributed by atoms with Crippen LogP contribution in [0.5, 0.6) is 0 Å². The van der Waals surface area contributed by atoms with E-state index < -0.39 is 0 Å². The van der Waals surface area contributed by atoms with Crippen LogP contribution in [0.3, 0.4) is 0 Å². The summed E-state index contributed by atoms with van der Waals surface area (Å²) in [7, 11) is 0. The summed E-state index contributed by atoms with van der Waals surface area (Å²) >= 11 is 0. The molecule has 4 aromatic rings. The SMILES string of the molecule is CC(C)c1nc(-c2ccccc2)c2ccc3ccccc3c2n1. The van der Waals surface area contributed by atoms with Gasteiger partial charge in [0.2, 0.25) is 0 Å². The van der Waals surface area contributed by atoms with E-state index in [0.29, 0.717) is 5.92 Å². The van der Waals surface area contributed by atoms with Crippen molar-refractivity contribution in [3.63, 3.8) is 0 Å². The molecule has 0 aliphatic heterocycles. The molecule has 0 unspecified atom stereocenters. The molecule has 0 radical (unpaired) electrons. The van der Waals surface area contributed by atoms with Crippen molar-refractivity contribution in [1.82, 2.24) is 9.97 Å². The van der Waals surface area contributed by atoms with Crippen LogP contribution in [0.2, 0.25) is 0 Å². The fourth-order valence-corrected chi connectivity index (χ4v) is 2.96. The third-order valence-electron chi connectivity index (χ3n) is 4.17. The van der Waals surface area contributed by atoms with E-state index in [0.717, 1.165) is 28.0 Å². The molecule has 23 heavy (non-hydrogen) atoms. The molecule has 0 bridgehead atoms. The van der Waals surface area contributed by atoms with Crippen molar-refractivity contribution in [2.75, 3.05) is 0 Å². The van der Waals surface area contributed by atoms with Gasteiger partial charge in [-0.3, -0.25) is 0 Å². The lowest BCUT2D eigenvalue weighted by atomic mass is 10.0. The molecule has 0 aliphatic rings. The molecule has 0 fully saturated rings. The maximum absolute atomic E-state index is 4.88. The van der Waals surface area contributed by atoms with Gasteiger partial charge in [-0.1, -0.05) is 74.5 Å². The first-order chi connectivity index (χ1) is 11.2. The highest BCUT2D eigenvalue weighted by molar-refractivity contribution is 6.09. The Kier molecular flexibility index (Phi) is 3.30. The Morgan fingerprint density at radius 3 is 2.22 bits per heavy atom. The highest BCUT2D eigenvalue weighted by Gasteiger charge is 2.13. The smallest absolute Gasteiger partial charge is 0.132 e. The van der Waals surface area contributed by atoms with E-state index in [4.69, 9.17) is 9.97 Å². The minimum atomic E-state index is 0.292. The van der Waals surface area contributed by atoms with Gasteiger partial charge in [0, 0.05) is 22.3 Å². The first-order valence-electron chi connectivity index (χ1n) is 7.99. The minimum absolute atomic E-state index is 0.292. The van der Waals surface area contributed by atoms with E-state index in [1.807, 2.05) is 6.07 Å². The van der Waals surface area contributed by atoms with Gasteiger partial charge in [-0.2, -0.15) is 0 Å². The second kappa shape index (κ2) is 5.47. The van der Waals surface area contributed by atoms with Gasteiger partial charge < -0.3 is 0 Å². The largest absolute Gasteiger partial charge is 0.232 e. The van der Waals surface area contributed by atoms with E-state index in [9.17, 15) is 0 Å². The Morgan fingerprint density at radius 2 is 1.43 bits per heavy atom. The van der Waals surface area contributed by atoms with Crippen LogP contribution in [0.4, 0.5) is 0 Å². The summed E-state index contributed by atoms with van der Waals surface area (Å²) in [6, 6.07) is 23.1. The zero-order chi connectivity index (χ0) is 15.8. The minimum Gasteiger partial charge on any atom is -0.232 e. The Balaban J connectivity index is 2.15. The van der Waals surface area contributed by atoms with Gasteiger partial charge in [0.1, 0.15) is 5.82 Å². The quantitative estimate of drug-likeness (QED) is 0.452. The van der Waals surface area contributed by atoms with Crippen LogP contribution in [-0.2, 0) is 0 Å². The van der Waals surface area contributed by atoms with E-state index in [1.165, 1.54) is 10.8 Å². The predicted octanol–water partition coefficient (Wildman–Crippen LogP) is 5.57. The third-order valence-corrected chi connectivity index (χ3v) is 4.17. The Bertz CT molecular complexity index is 988. The first-order valence-corrected chi connectivity index (χ1v) is 7.99. The topological polar surface area (TPSA) is 25.8 Å². The number of hydrogen-bond donors (Lipinski definition) is 0.